The van der Waals surface area contributed by atoms with Crippen LogP contribution >= 0.6 is 0 Å². The van der Waals surface area contributed by atoms with E-state index < -0.39 is 60.1 Å². The van der Waals surface area contributed by atoms with Gasteiger partial charge in [-0.2, -0.15) is 54.1 Å². The van der Waals surface area contributed by atoms with E-state index in [2.05, 4.69) is 41.4 Å². The molecule has 0 saturated carbocycles. The maximum absolute atomic E-state index is 12.2. The van der Waals surface area contributed by atoms with Crippen LogP contribution in [0.3, 0.4) is 0 Å². The van der Waals surface area contributed by atoms with Crippen LogP contribution in [0.15, 0.2) is 149 Å². The lowest BCUT2D eigenvalue weighted by Crippen LogP contribution is -2.08. The quantitative estimate of drug-likeness (QED) is 0.0351. The second-order valence-electron chi connectivity index (χ2n) is 14.4. The molecule has 1 aromatic heterocycles. The Morgan fingerprint density at radius 1 is 0.470 bits per heavy atom. The predicted octanol–water partition coefficient (Wildman–Crippen LogP) is 8.71. The lowest BCUT2D eigenvalue weighted by Gasteiger charge is -2.14. The van der Waals surface area contributed by atoms with Crippen LogP contribution in [0.4, 0.5) is 51.4 Å². The van der Waals surface area contributed by atoms with Crippen molar-refractivity contribution < 1.29 is 57.0 Å². The first-order valence-electron chi connectivity index (χ1n) is 19.0. The van der Waals surface area contributed by atoms with Gasteiger partial charge in [0.2, 0.25) is 0 Å². The number of nitrogens with one attached hydrogen (secondary N) is 3. The third kappa shape index (κ3) is 10.8. The largest absolute Gasteiger partial charge is 0.395 e. The van der Waals surface area contributed by atoms with E-state index in [1.54, 1.807) is 62.4 Å². The van der Waals surface area contributed by atoms with Crippen molar-refractivity contribution in [2.24, 2.45) is 20.5 Å². The number of benzene rings is 6. The highest BCUT2D eigenvalue weighted by Gasteiger charge is 2.23. The fraction of sp³-hybridized carbons (Fsp3) is 0.0976. The number of fused-ring (bicyclic) bond motifs is 2. The zero-order valence-electron chi connectivity index (χ0n) is 34.2. The number of aliphatic hydroxyl groups excluding tert-OH is 1. The Bertz CT molecular complexity index is 3400. The Balaban J connectivity index is 1.12. The molecule has 0 spiro atoms. The summed E-state index contributed by atoms with van der Waals surface area (Å²) < 4.78 is 136. The number of rotatable bonds is 15. The van der Waals surface area contributed by atoms with Crippen molar-refractivity contribution in [3.05, 3.63) is 120 Å². The van der Waals surface area contributed by atoms with Crippen LogP contribution in [-0.2, 0) is 40.5 Å². The van der Waals surface area contributed by atoms with Crippen LogP contribution < -0.4 is 16.0 Å². The number of aliphatic hydroxyl groups is 1. The Kier molecular flexibility index (Phi) is 13.0. The van der Waals surface area contributed by atoms with Crippen molar-refractivity contribution in [2.45, 2.75) is 33.4 Å². The molecule has 342 valence electrons. The van der Waals surface area contributed by atoms with Crippen LogP contribution in [0.2, 0.25) is 0 Å². The smallest absolute Gasteiger partial charge is 0.295 e. The summed E-state index contributed by atoms with van der Waals surface area (Å²) in [6, 6.07) is 25.0. The summed E-state index contributed by atoms with van der Waals surface area (Å²) in [5.41, 5.74) is 3.37. The highest BCUT2D eigenvalue weighted by atomic mass is 32.2. The molecule has 1 heterocycles. The molecule has 0 aliphatic rings. The second kappa shape index (κ2) is 18.2. The van der Waals surface area contributed by atoms with E-state index in [1.807, 2.05) is 0 Å². The number of hydrogen-bond acceptors (Lipinski definition) is 17. The average molecular weight is 977 g/mol. The third-order valence-corrected chi connectivity index (χ3v) is 13.3. The fourth-order valence-electron chi connectivity index (χ4n) is 6.78. The van der Waals surface area contributed by atoms with E-state index in [-0.39, 0.29) is 46.1 Å². The number of aryl methyl sites for hydroxylation is 2. The number of azo groups is 2. The lowest BCUT2D eigenvalue weighted by molar-refractivity contribution is 0.311. The van der Waals surface area contributed by atoms with Crippen molar-refractivity contribution in [1.82, 2.24) is 4.98 Å². The van der Waals surface area contributed by atoms with Crippen LogP contribution in [0.1, 0.15) is 11.1 Å². The zero-order valence-corrected chi connectivity index (χ0v) is 37.4. The van der Waals surface area contributed by atoms with E-state index >= 15 is 0 Å². The van der Waals surface area contributed by atoms with E-state index in [0.29, 0.717) is 51.2 Å². The van der Waals surface area contributed by atoms with Crippen LogP contribution in [0.5, 0.6) is 0 Å². The normalized spacial score (nSPS) is 12.7. The first-order chi connectivity index (χ1) is 31.0. The van der Waals surface area contributed by atoms with Gasteiger partial charge in [-0.25, -0.2) is 4.98 Å². The minimum atomic E-state index is -4.86. The lowest BCUT2D eigenvalue weighted by atomic mass is 10.1. The summed E-state index contributed by atoms with van der Waals surface area (Å²) in [5, 5.41) is 34.9. The molecule has 0 atom stereocenters. The summed E-state index contributed by atoms with van der Waals surface area (Å²) >= 11 is 0. The molecule has 0 bridgehead atoms. The van der Waals surface area contributed by atoms with E-state index in [9.17, 15) is 57.0 Å². The van der Waals surface area contributed by atoms with E-state index in [0.717, 1.165) is 24.3 Å². The molecular weight excluding hydrogens is 941 g/mol. The Hall–Kier alpha value is -6.81. The Morgan fingerprint density at radius 2 is 0.909 bits per heavy atom. The zero-order chi connectivity index (χ0) is 47.8. The molecule has 0 fully saturated rings. The minimum Gasteiger partial charge on any atom is -0.395 e. The second-order valence-corrected chi connectivity index (χ2v) is 20.0. The molecule has 0 aliphatic carbocycles. The van der Waals surface area contributed by atoms with Crippen molar-refractivity contribution in [3.63, 3.8) is 0 Å². The van der Waals surface area contributed by atoms with Gasteiger partial charge in [0.15, 0.2) is 0 Å². The summed E-state index contributed by atoms with van der Waals surface area (Å²) in [6.07, 6.45) is 0. The van der Waals surface area contributed by atoms with Gasteiger partial charge >= 0.3 is 0 Å². The van der Waals surface area contributed by atoms with Gasteiger partial charge in [-0.05, 0) is 97.8 Å². The number of pyridine rings is 1. The highest BCUT2D eigenvalue weighted by Crippen LogP contribution is 2.37. The average Bonchev–Trinajstić information content (AvgIpc) is 3.22. The Morgan fingerprint density at radius 3 is 1.33 bits per heavy atom. The topological polar surface area (TPSA) is 336 Å². The van der Waals surface area contributed by atoms with Gasteiger partial charge < -0.3 is 21.1 Å². The van der Waals surface area contributed by atoms with Crippen LogP contribution in [0, 0.1) is 13.8 Å². The predicted molar refractivity (Wildman–Crippen MR) is 244 cm³/mol. The van der Waals surface area contributed by atoms with Gasteiger partial charge in [-0.3, -0.25) is 18.2 Å². The van der Waals surface area contributed by atoms with Gasteiger partial charge in [0.25, 0.3) is 40.5 Å². The monoisotopic (exact) mass is 976 g/mol. The fourth-order valence-corrected chi connectivity index (χ4v) is 9.63. The van der Waals surface area contributed by atoms with E-state index in [4.69, 9.17) is 0 Å². The van der Waals surface area contributed by atoms with Gasteiger partial charge in [-0.1, -0.05) is 24.3 Å². The molecule has 0 unspecified atom stereocenters. The number of anilines is 5. The molecule has 25 heteroatoms. The molecule has 8 N–H and O–H groups in total. The first-order valence-corrected chi connectivity index (χ1v) is 24.7. The van der Waals surface area contributed by atoms with Crippen LogP contribution in [-0.4, -0.2) is 75.1 Å². The molecule has 7 aromatic rings. The number of hydrogen-bond donors (Lipinski definition) is 8. The first kappa shape index (κ1) is 47.2. The molecule has 0 radical (unpaired) electrons. The standard InChI is InChI=1S/C41H36N8O13S4/c1-23-15-25(9-11-34(23)48-46-28-17-32-30(38(19-28)65(57,58)59)5-3-7-36(32)63(51,52)53)43-27-21-40(42-13-14-50)45-41(22-27)44-26-10-12-35(24(2)16-26)49-47-29-18-33-31(39(20-29)66(60,61)62)6-4-8-37(33)64(54,55)56/h3-12,15-22,50H,13-14H2,1-2H3,(H,51,52,53)(H,54,55,56)(H,57,58,59)(H,60,61,62)(H3,42,43,44,45). The Labute approximate surface area is 377 Å². The molecular formula is C41H36N8O13S4. The molecule has 66 heavy (non-hydrogen) atoms. The van der Waals surface area contributed by atoms with Crippen molar-refractivity contribution in [1.29, 1.82) is 0 Å². The van der Waals surface area contributed by atoms with Gasteiger partial charge in [0.05, 0.1) is 29.4 Å². The maximum atomic E-state index is 12.2. The molecule has 6 aromatic carbocycles. The molecule has 0 aliphatic heterocycles. The minimum absolute atomic E-state index is 0.126. The number of nitrogens with zero attached hydrogens (tertiary/aromatic N) is 5. The molecule has 0 saturated heterocycles. The SMILES string of the molecule is Cc1cc(Nc2cc(NCCO)nc(Nc3ccc(N=Nc4cc(S(=O)(=O)O)c5cccc(S(=O)(=O)O)c5c4)c(C)c3)c2)ccc1N=Nc1cc(S(=O)(=O)O)c2cccc(S(=O)(=O)O)c2c1. The molecule has 7 rings (SSSR count). The maximum Gasteiger partial charge on any atom is 0.295 e. The van der Waals surface area contributed by atoms with Gasteiger partial charge in [0.1, 0.15) is 31.2 Å². The van der Waals surface area contributed by atoms with Crippen molar-refractivity contribution >= 4 is 113 Å². The van der Waals surface area contributed by atoms with E-state index in [1.165, 1.54) is 36.4 Å². The molecule has 21 nitrogen and oxygen atoms in total. The summed E-state index contributed by atoms with van der Waals surface area (Å²) in [6.45, 7) is 3.47. The van der Waals surface area contributed by atoms with Crippen LogP contribution in [0.25, 0.3) is 21.5 Å². The molecule has 0 amide bonds. The van der Waals surface area contributed by atoms with Gasteiger partial charge in [-0.15, -0.1) is 0 Å². The highest BCUT2D eigenvalue weighted by molar-refractivity contribution is 7.87. The van der Waals surface area contributed by atoms with Gasteiger partial charge in [0, 0.05) is 57.3 Å². The summed E-state index contributed by atoms with van der Waals surface area (Å²) in [7, 11) is -19.3. The van der Waals surface area contributed by atoms with Crippen molar-refractivity contribution in [2.75, 3.05) is 29.1 Å². The number of aromatic nitrogens is 1. The summed E-state index contributed by atoms with van der Waals surface area (Å²) in [4.78, 5) is 2.13. The van der Waals surface area contributed by atoms with Crippen molar-refractivity contribution in [3.8, 4) is 0 Å². The summed E-state index contributed by atoms with van der Waals surface area (Å²) in [5.74, 6) is 0.770. The third-order valence-electron chi connectivity index (χ3n) is 9.66.